The fourth-order valence-corrected chi connectivity index (χ4v) is 4.06. The predicted octanol–water partition coefficient (Wildman–Crippen LogP) is 2.93. The number of nitrogens with zero attached hydrogens (tertiary/aromatic N) is 2. The van der Waals surface area contributed by atoms with Crippen molar-refractivity contribution >= 4 is 28.6 Å². The Kier molecular flexibility index (Phi) is 5.22. The van der Waals surface area contributed by atoms with Gasteiger partial charge in [-0.15, -0.1) is 0 Å². The number of aromatic nitrogens is 1. The maximum absolute atomic E-state index is 10.8. The van der Waals surface area contributed by atoms with Gasteiger partial charge in [-0.25, -0.2) is 4.79 Å². The lowest BCUT2D eigenvalue weighted by Gasteiger charge is -2.32. The van der Waals surface area contributed by atoms with E-state index in [0.717, 1.165) is 66.9 Å². The molecule has 1 fully saturated rings. The van der Waals surface area contributed by atoms with Crippen molar-refractivity contribution in [2.75, 3.05) is 32.8 Å². The fourth-order valence-electron chi connectivity index (χ4n) is 3.82. The van der Waals surface area contributed by atoms with Crippen LogP contribution >= 0.6 is 11.6 Å². The molecule has 2 aliphatic rings. The van der Waals surface area contributed by atoms with Crippen molar-refractivity contribution < 1.29 is 19.4 Å². The third kappa shape index (κ3) is 3.89. The second kappa shape index (κ2) is 7.78. The molecular weight excluding hydrogens is 370 g/mol. The first-order chi connectivity index (χ1) is 13.1. The van der Waals surface area contributed by atoms with Gasteiger partial charge in [0.15, 0.2) is 11.5 Å². The van der Waals surface area contributed by atoms with Gasteiger partial charge in [-0.1, -0.05) is 11.6 Å². The van der Waals surface area contributed by atoms with Crippen molar-refractivity contribution in [2.45, 2.75) is 25.3 Å². The minimum absolute atomic E-state index is 0.0432. The number of benzene rings is 1. The smallest absolute Gasteiger partial charge is 0.404 e. The maximum atomic E-state index is 10.8. The van der Waals surface area contributed by atoms with Crippen molar-refractivity contribution in [2.24, 2.45) is 0 Å². The largest absolute Gasteiger partial charge is 0.486 e. The van der Waals surface area contributed by atoms with E-state index in [2.05, 4.69) is 15.2 Å². The van der Waals surface area contributed by atoms with Crippen molar-refractivity contribution in [3.63, 3.8) is 0 Å². The van der Waals surface area contributed by atoms with E-state index >= 15 is 0 Å². The predicted molar refractivity (Wildman–Crippen MR) is 102 cm³/mol. The number of fused-ring (bicyclic) bond motifs is 3. The molecule has 2 aliphatic heterocycles. The highest BCUT2D eigenvalue weighted by molar-refractivity contribution is 6.32. The quantitative estimate of drug-likeness (QED) is 0.833. The Hall–Kier alpha value is -2.25. The molecule has 2 aromatic rings. The van der Waals surface area contributed by atoms with E-state index in [0.29, 0.717) is 18.2 Å². The third-order valence-corrected chi connectivity index (χ3v) is 5.51. The lowest BCUT2D eigenvalue weighted by molar-refractivity contribution is 0.168. The fraction of sp³-hybridized carbons (Fsp3) is 0.474. The first-order valence-corrected chi connectivity index (χ1v) is 9.57. The molecule has 3 heterocycles. The van der Waals surface area contributed by atoms with Crippen LogP contribution in [0.4, 0.5) is 4.79 Å². The Morgan fingerprint density at radius 1 is 1.30 bits per heavy atom. The summed E-state index contributed by atoms with van der Waals surface area (Å²) in [4.78, 5) is 17.6. The molecule has 0 spiro atoms. The van der Waals surface area contributed by atoms with E-state index in [9.17, 15) is 4.79 Å². The summed E-state index contributed by atoms with van der Waals surface area (Å²) in [5, 5.41) is 13.0. The number of piperidine rings is 1. The van der Waals surface area contributed by atoms with Crippen LogP contribution in [0.15, 0.2) is 18.3 Å². The molecule has 27 heavy (non-hydrogen) atoms. The number of amides is 1. The summed E-state index contributed by atoms with van der Waals surface area (Å²) in [7, 11) is 0. The van der Waals surface area contributed by atoms with Crippen LogP contribution < -0.4 is 14.8 Å². The average Bonchev–Trinajstić information content (AvgIpc) is 2.67. The summed E-state index contributed by atoms with van der Waals surface area (Å²) in [6.45, 7) is 3.64. The molecule has 1 saturated heterocycles. The molecule has 7 nitrogen and oxygen atoms in total. The molecule has 144 valence electrons. The summed E-state index contributed by atoms with van der Waals surface area (Å²) >= 11 is 6.49. The lowest BCUT2D eigenvalue weighted by Crippen LogP contribution is -2.44. The number of halogens is 1. The van der Waals surface area contributed by atoms with Crippen molar-refractivity contribution in [3.8, 4) is 11.5 Å². The minimum atomic E-state index is -0.949. The first kappa shape index (κ1) is 18.1. The number of hydrogen-bond acceptors (Lipinski definition) is 5. The molecule has 0 radical (unpaired) electrons. The number of carbonyl (C=O) groups is 1. The zero-order chi connectivity index (χ0) is 18.8. The second-order valence-corrected chi connectivity index (χ2v) is 7.29. The number of likely N-dealkylation sites (tertiary alicyclic amines) is 1. The van der Waals surface area contributed by atoms with Crippen molar-refractivity contribution in [1.29, 1.82) is 0 Å². The van der Waals surface area contributed by atoms with Crippen molar-refractivity contribution in [1.82, 2.24) is 15.2 Å². The van der Waals surface area contributed by atoms with Crippen LogP contribution in [0.3, 0.4) is 0 Å². The van der Waals surface area contributed by atoms with Gasteiger partial charge in [-0.05, 0) is 37.0 Å². The number of carboxylic acid groups (broad SMARTS) is 1. The Balaban J connectivity index is 1.51. The summed E-state index contributed by atoms with van der Waals surface area (Å²) in [6.07, 6.45) is 3.16. The van der Waals surface area contributed by atoms with E-state index in [1.165, 1.54) is 0 Å². The van der Waals surface area contributed by atoms with Gasteiger partial charge in [0.2, 0.25) is 0 Å². The summed E-state index contributed by atoms with van der Waals surface area (Å²) < 4.78 is 11.6. The molecule has 0 unspecified atom stereocenters. The van der Waals surface area contributed by atoms with E-state index in [-0.39, 0.29) is 6.04 Å². The van der Waals surface area contributed by atoms with Crippen LogP contribution in [0, 0.1) is 0 Å². The van der Waals surface area contributed by atoms with Gasteiger partial charge in [-0.2, -0.15) is 0 Å². The average molecular weight is 392 g/mol. The second-order valence-electron chi connectivity index (χ2n) is 6.88. The minimum Gasteiger partial charge on any atom is -0.486 e. The van der Waals surface area contributed by atoms with Gasteiger partial charge in [0.05, 0.1) is 15.9 Å². The Bertz CT molecular complexity index is 852. The van der Waals surface area contributed by atoms with E-state index < -0.39 is 6.09 Å². The zero-order valence-electron chi connectivity index (χ0n) is 14.9. The topological polar surface area (TPSA) is 83.9 Å². The number of rotatable bonds is 4. The van der Waals surface area contributed by atoms with Crippen LogP contribution in [-0.4, -0.2) is 60.0 Å². The van der Waals surface area contributed by atoms with Gasteiger partial charge in [0.25, 0.3) is 0 Å². The molecular formula is C19H22ClN3O4. The normalized spacial score (nSPS) is 17.8. The number of hydrogen-bond donors (Lipinski definition) is 2. The maximum Gasteiger partial charge on any atom is 0.404 e. The van der Waals surface area contributed by atoms with Crippen LogP contribution in [0.1, 0.15) is 18.4 Å². The molecule has 1 aromatic heterocycles. The molecule has 4 rings (SSSR count). The van der Waals surface area contributed by atoms with E-state index in [1.54, 1.807) is 6.20 Å². The lowest BCUT2D eigenvalue weighted by atomic mass is 10.0. The number of nitrogens with one attached hydrogen (secondary N) is 1. The van der Waals surface area contributed by atoms with E-state index in [4.69, 9.17) is 26.2 Å². The Labute approximate surface area is 162 Å². The third-order valence-electron chi connectivity index (χ3n) is 5.19. The SMILES string of the molecule is O=C(O)NC1CCN(CCc2c(Cl)cnc3ccc4c(c23)OCCO4)CC1. The molecule has 1 aromatic carbocycles. The van der Waals surface area contributed by atoms with Crippen LogP contribution in [0.5, 0.6) is 11.5 Å². The Morgan fingerprint density at radius 3 is 2.85 bits per heavy atom. The van der Waals surface area contributed by atoms with Crippen LogP contribution in [0.2, 0.25) is 5.02 Å². The highest BCUT2D eigenvalue weighted by Crippen LogP contribution is 2.40. The Morgan fingerprint density at radius 2 is 2.07 bits per heavy atom. The summed E-state index contributed by atoms with van der Waals surface area (Å²) in [6, 6.07) is 3.87. The molecule has 2 N–H and O–H groups in total. The highest BCUT2D eigenvalue weighted by atomic mass is 35.5. The standard InChI is InChI=1S/C19H22ClN3O4/c20-14-11-21-15-1-2-16-18(27-10-9-26-16)17(15)13(14)5-8-23-6-3-12(4-7-23)22-19(24)25/h1-2,11-12,22H,3-10H2,(H,24,25). The molecule has 8 heteroatoms. The van der Waals surface area contributed by atoms with Gasteiger partial charge >= 0.3 is 6.09 Å². The summed E-state index contributed by atoms with van der Waals surface area (Å²) in [5.74, 6) is 1.47. The highest BCUT2D eigenvalue weighted by Gasteiger charge is 2.23. The van der Waals surface area contributed by atoms with E-state index in [1.807, 2.05) is 12.1 Å². The van der Waals surface area contributed by atoms with Gasteiger partial charge in [0, 0.05) is 31.9 Å². The molecule has 1 amide bonds. The zero-order valence-corrected chi connectivity index (χ0v) is 15.7. The van der Waals surface area contributed by atoms with Gasteiger partial charge in [-0.3, -0.25) is 4.98 Å². The summed E-state index contributed by atoms with van der Waals surface area (Å²) in [5.41, 5.74) is 1.87. The van der Waals surface area contributed by atoms with Gasteiger partial charge in [0.1, 0.15) is 13.2 Å². The van der Waals surface area contributed by atoms with Crippen molar-refractivity contribution in [3.05, 3.63) is 28.9 Å². The van der Waals surface area contributed by atoms with Gasteiger partial charge < -0.3 is 24.8 Å². The molecule has 0 bridgehead atoms. The molecule has 0 aliphatic carbocycles. The number of ether oxygens (including phenoxy) is 2. The molecule has 0 atom stereocenters. The monoisotopic (exact) mass is 391 g/mol. The number of pyridine rings is 1. The first-order valence-electron chi connectivity index (χ1n) is 9.19. The van der Waals surface area contributed by atoms with Crippen LogP contribution in [-0.2, 0) is 6.42 Å². The molecule has 0 saturated carbocycles. The van der Waals surface area contributed by atoms with Crippen LogP contribution in [0.25, 0.3) is 10.9 Å².